The molecule has 0 aromatic carbocycles. The molecule has 0 heterocycles. The number of carboxylic acids is 1. The third-order valence-corrected chi connectivity index (χ3v) is 2.39. The van der Waals surface area contributed by atoms with E-state index in [1.54, 1.807) is 27.7 Å². The van der Waals surface area contributed by atoms with Gasteiger partial charge in [-0.25, -0.2) is 9.59 Å². The number of aliphatic carboxylic acids is 1. The van der Waals surface area contributed by atoms with E-state index in [0.717, 1.165) is 0 Å². The van der Waals surface area contributed by atoms with Crippen molar-refractivity contribution >= 4 is 23.9 Å². The Bertz CT molecular complexity index is 457. The van der Waals surface area contributed by atoms with Gasteiger partial charge in [0.05, 0.1) is 13.0 Å². The van der Waals surface area contributed by atoms with Gasteiger partial charge >= 0.3 is 18.0 Å². The Morgan fingerprint density at radius 2 is 1.70 bits per heavy atom. The van der Waals surface area contributed by atoms with Crippen LogP contribution < -0.4 is 10.6 Å². The summed E-state index contributed by atoms with van der Waals surface area (Å²) in [6.07, 6.45) is -1.42. The second-order valence-corrected chi connectivity index (χ2v) is 5.78. The number of carboxylic acid groups (broad SMARTS) is 1. The largest absolute Gasteiger partial charge is 0.481 e. The first kappa shape index (κ1) is 20.7. The maximum Gasteiger partial charge on any atom is 0.407 e. The zero-order valence-corrected chi connectivity index (χ0v) is 14.0. The molecule has 0 rings (SSSR count). The van der Waals surface area contributed by atoms with Gasteiger partial charge in [-0.05, 0) is 34.6 Å². The zero-order valence-electron chi connectivity index (χ0n) is 14.0. The topological polar surface area (TPSA) is 131 Å². The van der Waals surface area contributed by atoms with Crippen molar-refractivity contribution in [2.24, 2.45) is 0 Å². The predicted molar refractivity (Wildman–Crippen MR) is 79.6 cm³/mol. The van der Waals surface area contributed by atoms with Crippen LogP contribution in [-0.4, -0.2) is 53.3 Å². The summed E-state index contributed by atoms with van der Waals surface area (Å²) >= 11 is 0. The van der Waals surface area contributed by atoms with Gasteiger partial charge in [-0.2, -0.15) is 0 Å². The molecule has 0 radical (unpaired) electrons. The first-order valence-electron chi connectivity index (χ1n) is 7.14. The molecule has 132 valence electrons. The number of carbonyl (C=O) groups is 4. The minimum Gasteiger partial charge on any atom is -0.481 e. The summed E-state index contributed by atoms with van der Waals surface area (Å²) in [5.74, 6) is -2.86. The molecule has 0 fully saturated rings. The van der Waals surface area contributed by atoms with E-state index in [2.05, 4.69) is 15.4 Å². The third-order valence-electron chi connectivity index (χ3n) is 2.39. The van der Waals surface area contributed by atoms with E-state index in [4.69, 9.17) is 9.84 Å². The molecule has 23 heavy (non-hydrogen) atoms. The molecule has 0 aromatic rings. The minimum absolute atomic E-state index is 0.139. The number of hydrogen-bond acceptors (Lipinski definition) is 6. The molecule has 0 saturated heterocycles. The van der Waals surface area contributed by atoms with Gasteiger partial charge in [0.1, 0.15) is 17.7 Å². The Hall–Kier alpha value is -2.32. The molecule has 2 atom stereocenters. The van der Waals surface area contributed by atoms with Gasteiger partial charge < -0.3 is 25.2 Å². The fourth-order valence-electron chi connectivity index (χ4n) is 1.45. The molecular weight excluding hydrogens is 308 g/mol. The standard InChI is InChI=1S/C14H24N2O7/c1-6-22-13(21)15-8(2)11(19)16-9(7-10(17)18)12(20)23-14(3,4)5/h8-9H,6-7H2,1-5H3,(H,15,21)(H,16,19)(H,17,18). The van der Waals surface area contributed by atoms with E-state index >= 15 is 0 Å². The van der Waals surface area contributed by atoms with E-state index in [1.807, 2.05) is 0 Å². The highest BCUT2D eigenvalue weighted by Crippen LogP contribution is 2.10. The SMILES string of the molecule is CCOC(=O)NC(C)C(=O)NC(CC(=O)O)C(=O)OC(C)(C)C. The van der Waals surface area contributed by atoms with E-state index < -0.39 is 48.0 Å². The number of ether oxygens (including phenoxy) is 2. The van der Waals surface area contributed by atoms with Crippen molar-refractivity contribution in [3.63, 3.8) is 0 Å². The number of hydrogen-bond donors (Lipinski definition) is 3. The van der Waals surface area contributed by atoms with E-state index in [9.17, 15) is 19.2 Å². The Balaban J connectivity index is 4.81. The van der Waals surface area contributed by atoms with Crippen LogP contribution in [0.3, 0.4) is 0 Å². The Labute approximate surface area is 134 Å². The molecule has 0 aliphatic carbocycles. The van der Waals surface area contributed by atoms with Crippen LogP contribution in [0.1, 0.15) is 41.0 Å². The summed E-state index contributed by atoms with van der Waals surface area (Å²) in [5, 5.41) is 13.4. The maximum absolute atomic E-state index is 12.0. The Kier molecular flexibility index (Phi) is 8.06. The van der Waals surface area contributed by atoms with Crippen molar-refractivity contribution in [3.05, 3.63) is 0 Å². The second kappa shape index (κ2) is 8.96. The van der Waals surface area contributed by atoms with Gasteiger partial charge in [-0.1, -0.05) is 0 Å². The van der Waals surface area contributed by atoms with Crippen LogP contribution in [0.15, 0.2) is 0 Å². The number of rotatable bonds is 7. The highest BCUT2D eigenvalue weighted by molar-refractivity contribution is 5.91. The molecule has 9 nitrogen and oxygen atoms in total. The summed E-state index contributed by atoms with van der Waals surface area (Å²) < 4.78 is 9.70. The summed E-state index contributed by atoms with van der Waals surface area (Å²) in [5.41, 5.74) is -0.826. The lowest BCUT2D eigenvalue weighted by Crippen LogP contribution is -2.52. The minimum atomic E-state index is -1.36. The van der Waals surface area contributed by atoms with Crippen molar-refractivity contribution in [3.8, 4) is 0 Å². The van der Waals surface area contributed by atoms with Crippen LogP contribution >= 0.6 is 0 Å². The van der Waals surface area contributed by atoms with Crippen molar-refractivity contribution in [1.82, 2.24) is 10.6 Å². The lowest BCUT2D eigenvalue weighted by Gasteiger charge is -2.24. The van der Waals surface area contributed by atoms with E-state index in [1.165, 1.54) is 6.92 Å². The quantitative estimate of drug-likeness (QED) is 0.576. The zero-order chi connectivity index (χ0) is 18.2. The van der Waals surface area contributed by atoms with Gasteiger partial charge in [-0.15, -0.1) is 0 Å². The number of esters is 1. The second-order valence-electron chi connectivity index (χ2n) is 5.78. The summed E-state index contributed by atoms with van der Waals surface area (Å²) in [7, 11) is 0. The third kappa shape index (κ3) is 9.33. The van der Waals surface area contributed by atoms with Crippen molar-refractivity contribution in [2.45, 2.75) is 58.7 Å². The number of amides is 2. The summed E-state index contributed by atoms with van der Waals surface area (Å²) in [4.78, 5) is 46.0. The van der Waals surface area contributed by atoms with E-state index in [-0.39, 0.29) is 6.61 Å². The lowest BCUT2D eigenvalue weighted by atomic mass is 10.1. The van der Waals surface area contributed by atoms with Crippen molar-refractivity contribution in [2.75, 3.05) is 6.61 Å². The lowest BCUT2D eigenvalue weighted by molar-refractivity contribution is -0.161. The fraction of sp³-hybridized carbons (Fsp3) is 0.714. The monoisotopic (exact) mass is 332 g/mol. The van der Waals surface area contributed by atoms with E-state index in [0.29, 0.717) is 0 Å². The molecule has 0 aromatic heterocycles. The van der Waals surface area contributed by atoms with Gasteiger partial charge in [0.25, 0.3) is 0 Å². The molecule has 0 bridgehead atoms. The molecule has 2 unspecified atom stereocenters. The average molecular weight is 332 g/mol. The van der Waals surface area contributed by atoms with Crippen LogP contribution in [-0.2, 0) is 23.9 Å². The fourth-order valence-corrected chi connectivity index (χ4v) is 1.45. The van der Waals surface area contributed by atoms with Crippen LogP contribution in [0.4, 0.5) is 4.79 Å². The summed E-state index contributed by atoms with van der Waals surface area (Å²) in [6.45, 7) is 7.98. The first-order chi connectivity index (χ1) is 10.5. The van der Waals surface area contributed by atoms with Gasteiger partial charge in [-0.3, -0.25) is 9.59 Å². The molecule has 2 amide bonds. The molecular formula is C14H24N2O7. The normalized spacial score (nSPS) is 13.4. The number of nitrogens with one attached hydrogen (secondary N) is 2. The molecule has 0 saturated carbocycles. The van der Waals surface area contributed by atoms with Crippen molar-refractivity contribution in [1.29, 1.82) is 0 Å². The predicted octanol–water partition coefficient (Wildman–Crippen LogP) is 0.422. The van der Waals surface area contributed by atoms with Gasteiger partial charge in [0, 0.05) is 0 Å². The Morgan fingerprint density at radius 3 is 2.13 bits per heavy atom. The Morgan fingerprint density at radius 1 is 1.13 bits per heavy atom. The smallest absolute Gasteiger partial charge is 0.407 e. The molecule has 0 spiro atoms. The van der Waals surface area contributed by atoms with Gasteiger partial charge in [0.2, 0.25) is 5.91 Å². The highest BCUT2D eigenvalue weighted by atomic mass is 16.6. The van der Waals surface area contributed by atoms with Crippen LogP contribution in [0.25, 0.3) is 0 Å². The summed E-state index contributed by atoms with van der Waals surface area (Å²) in [6, 6.07) is -2.36. The number of carbonyl (C=O) groups excluding carboxylic acids is 3. The first-order valence-corrected chi connectivity index (χ1v) is 7.14. The maximum atomic E-state index is 12.0. The molecule has 3 N–H and O–H groups in total. The van der Waals surface area contributed by atoms with Crippen molar-refractivity contribution < 1.29 is 33.8 Å². The highest BCUT2D eigenvalue weighted by Gasteiger charge is 2.30. The van der Waals surface area contributed by atoms with Crippen LogP contribution in [0, 0.1) is 0 Å². The number of alkyl carbamates (subject to hydrolysis) is 1. The van der Waals surface area contributed by atoms with Crippen LogP contribution in [0.5, 0.6) is 0 Å². The molecule has 9 heteroatoms. The van der Waals surface area contributed by atoms with Crippen LogP contribution in [0.2, 0.25) is 0 Å². The average Bonchev–Trinajstić information content (AvgIpc) is 2.35. The molecule has 0 aliphatic heterocycles. The molecule has 0 aliphatic rings. The van der Waals surface area contributed by atoms with Gasteiger partial charge in [0.15, 0.2) is 0 Å².